The molecule has 5 fully saturated rings. The van der Waals surface area contributed by atoms with E-state index < -0.39 is 8.32 Å². The van der Waals surface area contributed by atoms with Gasteiger partial charge in [0.05, 0.1) is 0 Å². The number of likely N-dealkylation sites (tertiary alicyclic amines) is 2. The molecular formula is C36H48N2O2Si. The van der Waals surface area contributed by atoms with Crippen molar-refractivity contribution < 1.29 is 9.22 Å². The molecule has 0 N–H and O–H groups in total. The number of fused-ring (bicyclic) bond motifs is 1. The number of hydrogen-bond acceptors (Lipinski definition) is 3. The van der Waals surface area contributed by atoms with Crippen molar-refractivity contribution >= 4 is 14.2 Å². The number of rotatable bonds is 5. The molecule has 1 amide bonds. The van der Waals surface area contributed by atoms with Gasteiger partial charge in [-0.3, -0.25) is 9.69 Å². The van der Waals surface area contributed by atoms with E-state index in [1.54, 1.807) is 11.1 Å². The highest BCUT2D eigenvalue weighted by atomic mass is 28.4. The van der Waals surface area contributed by atoms with Gasteiger partial charge in [0.1, 0.15) is 5.75 Å². The lowest BCUT2D eigenvalue weighted by Gasteiger charge is -2.66. The summed E-state index contributed by atoms with van der Waals surface area (Å²) in [6.45, 7) is 15.2. The van der Waals surface area contributed by atoms with E-state index in [9.17, 15) is 4.79 Å². The second kappa shape index (κ2) is 8.72. The van der Waals surface area contributed by atoms with Gasteiger partial charge in [-0.1, -0.05) is 45.0 Å². The summed E-state index contributed by atoms with van der Waals surface area (Å²) < 4.78 is 6.97. The van der Waals surface area contributed by atoms with Crippen molar-refractivity contribution in [1.82, 2.24) is 9.80 Å². The highest BCUT2D eigenvalue weighted by Crippen LogP contribution is 2.75. The van der Waals surface area contributed by atoms with E-state index in [1.165, 1.54) is 58.0 Å². The maximum absolute atomic E-state index is 13.9. The SMILES string of the molecule is CC(C)(C)[Si](C)(C)Oc1ccc2c(c1)[C@]13CCN(CC4CC4)[C@H](C2)[C@]12CCC1C3[C@@H](CN1C(=O)c1ccccc1)C2. The maximum atomic E-state index is 13.9. The van der Waals surface area contributed by atoms with Crippen LogP contribution in [0.1, 0.15) is 80.8 Å². The third-order valence-electron chi connectivity index (χ3n) is 13.2. The van der Waals surface area contributed by atoms with E-state index in [2.05, 4.69) is 61.9 Å². The molecule has 0 aromatic heterocycles. The van der Waals surface area contributed by atoms with E-state index in [0.29, 0.717) is 29.3 Å². The Kier molecular flexibility index (Phi) is 5.64. The molecule has 218 valence electrons. The number of hydrogen-bond donors (Lipinski definition) is 0. The minimum atomic E-state index is -1.95. The number of carbonyl (C=O) groups is 1. The molecule has 0 spiro atoms. The summed E-state index contributed by atoms with van der Waals surface area (Å²) >= 11 is 0. The maximum Gasteiger partial charge on any atom is 0.254 e. The average molecular weight is 569 g/mol. The van der Waals surface area contributed by atoms with Crippen molar-refractivity contribution in [3.8, 4) is 5.75 Å². The van der Waals surface area contributed by atoms with Crippen LogP contribution in [0.2, 0.25) is 18.1 Å². The molecular weight excluding hydrogens is 520 g/mol. The molecule has 2 saturated heterocycles. The lowest BCUT2D eigenvalue weighted by molar-refractivity contribution is -0.102. The van der Waals surface area contributed by atoms with Gasteiger partial charge < -0.3 is 9.33 Å². The summed E-state index contributed by atoms with van der Waals surface area (Å²) in [4.78, 5) is 19.2. The van der Waals surface area contributed by atoms with Crippen LogP contribution in [-0.4, -0.2) is 55.7 Å². The number of carbonyl (C=O) groups excluding carboxylic acids is 1. The van der Waals surface area contributed by atoms with Gasteiger partial charge in [-0.2, -0.15) is 0 Å². The van der Waals surface area contributed by atoms with Crippen LogP contribution in [0, 0.1) is 23.2 Å². The van der Waals surface area contributed by atoms with Gasteiger partial charge in [-0.25, -0.2) is 0 Å². The zero-order chi connectivity index (χ0) is 28.4. The Morgan fingerprint density at radius 2 is 1.83 bits per heavy atom. The minimum Gasteiger partial charge on any atom is -0.543 e. The quantitative estimate of drug-likeness (QED) is 0.355. The molecule has 2 unspecified atom stereocenters. The minimum absolute atomic E-state index is 0.164. The summed E-state index contributed by atoms with van der Waals surface area (Å²) in [6.07, 6.45) is 9.03. The summed E-state index contributed by atoms with van der Waals surface area (Å²) in [5, 5.41) is 0.170. The van der Waals surface area contributed by atoms with Crippen molar-refractivity contribution in [3.05, 3.63) is 65.2 Å². The Hall–Kier alpha value is -2.11. The fraction of sp³-hybridized carbons (Fsp3) is 0.639. The van der Waals surface area contributed by atoms with Gasteiger partial charge in [-0.15, -0.1) is 0 Å². The van der Waals surface area contributed by atoms with E-state index in [4.69, 9.17) is 4.43 Å². The van der Waals surface area contributed by atoms with Gasteiger partial charge in [-0.05, 0) is 128 Å². The lowest BCUT2D eigenvalue weighted by atomic mass is 9.43. The van der Waals surface area contributed by atoms with Crippen LogP contribution < -0.4 is 4.43 Å². The van der Waals surface area contributed by atoms with Crippen molar-refractivity contribution in [2.45, 2.75) is 101 Å². The molecule has 3 saturated carbocycles. The number of nitrogens with zero attached hydrogens (tertiary/aromatic N) is 2. The van der Waals surface area contributed by atoms with Crippen molar-refractivity contribution in [2.24, 2.45) is 23.2 Å². The number of benzene rings is 2. The average Bonchev–Trinajstić information content (AvgIpc) is 3.63. The Labute approximate surface area is 248 Å². The first kappa shape index (κ1) is 26.5. The van der Waals surface area contributed by atoms with Crippen LogP contribution in [0.3, 0.4) is 0 Å². The van der Waals surface area contributed by atoms with E-state index >= 15 is 0 Å². The molecule has 2 aromatic carbocycles. The molecule has 4 nitrogen and oxygen atoms in total. The molecule has 6 aliphatic rings. The molecule has 4 aliphatic carbocycles. The molecule has 5 heteroatoms. The summed E-state index contributed by atoms with van der Waals surface area (Å²) in [5.74, 6) is 3.44. The topological polar surface area (TPSA) is 32.8 Å². The van der Waals surface area contributed by atoms with Gasteiger partial charge in [0.2, 0.25) is 8.32 Å². The third kappa shape index (κ3) is 3.63. The van der Waals surface area contributed by atoms with Gasteiger partial charge >= 0.3 is 0 Å². The second-order valence-electron chi connectivity index (χ2n) is 16.1. The first-order valence-electron chi connectivity index (χ1n) is 16.5. The van der Waals surface area contributed by atoms with Crippen LogP contribution in [-0.2, 0) is 11.8 Å². The summed E-state index contributed by atoms with van der Waals surface area (Å²) in [7, 11) is -1.95. The normalized spacial score (nSPS) is 35.7. The zero-order valence-electron chi connectivity index (χ0n) is 25.8. The van der Waals surface area contributed by atoms with Gasteiger partial charge in [0, 0.05) is 36.2 Å². The highest BCUT2D eigenvalue weighted by Gasteiger charge is 2.76. The fourth-order valence-electron chi connectivity index (χ4n) is 10.4. The highest BCUT2D eigenvalue weighted by molar-refractivity contribution is 6.74. The molecule has 4 bridgehead atoms. The van der Waals surface area contributed by atoms with Crippen molar-refractivity contribution in [1.29, 1.82) is 0 Å². The van der Waals surface area contributed by atoms with Gasteiger partial charge in [0.15, 0.2) is 0 Å². The molecule has 2 aromatic rings. The molecule has 8 rings (SSSR count). The second-order valence-corrected chi connectivity index (χ2v) is 20.9. The monoisotopic (exact) mass is 568 g/mol. The fourth-order valence-corrected chi connectivity index (χ4v) is 11.4. The number of piperidine rings is 1. The predicted octanol–water partition coefficient (Wildman–Crippen LogP) is 7.29. The van der Waals surface area contributed by atoms with Crippen LogP contribution in [0.4, 0.5) is 0 Å². The van der Waals surface area contributed by atoms with Gasteiger partial charge in [0.25, 0.3) is 5.91 Å². The molecule has 2 heterocycles. The Morgan fingerprint density at radius 3 is 2.56 bits per heavy atom. The lowest BCUT2D eigenvalue weighted by Crippen LogP contribution is -2.70. The van der Waals surface area contributed by atoms with Crippen LogP contribution in [0.25, 0.3) is 0 Å². The van der Waals surface area contributed by atoms with Crippen molar-refractivity contribution in [3.63, 3.8) is 0 Å². The van der Waals surface area contributed by atoms with E-state index in [0.717, 1.165) is 23.8 Å². The Bertz CT molecular complexity index is 1380. The smallest absolute Gasteiger partial charge is 0.254 e. The first-order valence-corrected chi connectivity index (χ1v) is 19.4. The molecule has 0 radical (unpaired) electrons. The Morgan fingerprint density at radius 1 is 1.05 bits per heavy atom. The van der Waals surface area contributed by atoms with Crippen LogP contribution in [0.5, 0.6) is 5.75 Å². The third-order valence-corrected chi connectivity index (χ3v) is 17.6. The molecule has 6 atom stereocenters. The predicted molar refractivity (Wildman–Crippen MR) is 167 cm³/mol. The standard InChI is InChI=1S/C36H48N2O2Si/c1-34(2,3)41(4,5)40-28-14-13-26-19-31-35-16-15-30-32(27(21-35)23-38(30)33(39)25-9-7-6-8-10-25)36(35,29(26)20-28)17-18-37(31)22-24-11-12-24/h6-10,13-14,20,24,27,30-32H,11-12,15-19,21-23H2,1-5H3/t27-,30?,31-,32?,35-,36+/m1/s1. The zero-order valence-corrected chi connectivity index (χ0v) is 26.8. The Balaban J connectivity index is 1.23. The summed E-state index contributed by atoms with van der Waals surface area (Å²) in [6, 6.07) is 18.3. The van der Waals surface area contributed by atoms with E-state index in [-0.39, 0.29) is 16.4 Å². The first-order chi connectivity index (χ1) is 19.5. The number of amides is 1. The van der Waals surface area contributed by atoms with Crippen molar-refractivity contribution in [2.75, 3.05) is 19.6 Å². The molecule has 41 heavy (non-hydrogen) atoms. The largest absolute Gasteiger partial charge is 0.543 e. The molecule has 2 aliphatic heterocycles. The van der Waals surface area contributed by atoms with E-state index in [1.807, 2.05) is 30.3 Å². The van der Waals surface area contributed by atoms with Crippen LogP contribution >= 0.6 is 0 Å². The van der Waals surface area contributed by atoms with Crippen LogP contribution in [0.15, 0.2) is 48.5 Å². The summed E-state index contributed by atoms with van der Waals surface area (Å²) in [5.41, 5.74) is 4.55.